The standard InChI is InChI=1S/C18H26N2O3S/c1-24(22,23)19-13-15-9-4-5-12-20(15)18(21)17-11-6-8-14-7-2-3-10-16(14)17/h2-3,7,10,15,17,19H,4-6,8-9,11-13H2,1H3. The summed E-state index contributed by atoms with van der Waals surface area (Å²) in [4.78, 5) is 15.1. The molecule has 0 aromatic heterocycles. The summed E-state index contributed by atoms with van der Waals surface area (Å²) in [7, 11) is -3.23. The first kappa shape index (κ1) is 17.4. The van der Waals surface area contributed by atoms with Gasteiger partial charge in [0.25, 0.3) is 0 Å². The summed E-state index contributed by atoms with van der Waals surface area (Å²) < 4.78 is 25.4. The number of sulfonamides is 1. The van der Waals surface area contributed by atoms with Gasteiger partial charge >= 0.3 is 0 Å². The Morgan fingerprint density at radius 2 is 2.00 bits per heavy atom. The minimum Gasteiger partial charge on any atom is -0.338 e. The van der Waals surface area contributed by atoms with Crippen LogP contribution < -0.4 is 4.72 Å². The molecule has 0 radical (unpaired) electrons. The fourth-order valence-corrected chi connectivity index (χ4v) is 4.46. The molecule has 3 rings (SSSR count). The second-order valence-corrected chi connectivity index (χ2v) is 8.78. The maximum Gasteiger partial charge on any atom is 0.230 e. The monoisotopic (exact) mass is 350 g/mol. The topological polar surface area (TPSA) is 66.5 Å². The van der Waals surface area contributed by atoms with Crippen molar-refractivity contribution in [1.29, 1.82) is 0 Å². The molecule has 1 saturated heterocycles. The van der Waals surface area contributed by atoms with Crippen LogP contribution in [0, 0.1) is 0 Å². The fourth-order valence-electron chi connectivity index (χ4n) is 3.96. The number of hydrogen-bond donors (Lipinski definition) is 1. The third-order valence-corrected chi connectivity index (χ3v) is 5.85. The zero-order valence-electron chi connectivity index (χ0n) is 14.2. The highest BCUT2D eigenvalue weighted by molar-refractivity contribution is 7.88. The summed E-state index contributed by atoms with van der Waals surface area (Å²) in [6.45, 7) is 1.05. The lowest BCUT2D eigenvalue weighted by Crippen LogP contribution is -2.51. The Balaban J connectivity index is 1.77. The summed E-state index contributed by atoms with van der Waals surface area (Å²) in [6, 6.07) is 8.20. The number of hydrogen-bond acceptors (Lipinski definition) is 3. The lowest BCUT2D eigenvalue weighted by Gasteiger charge is -2.39. The number of carbonyl (C=O) groups is 1. The van der Waals surface area contributed by atoms with E-state index in [0.717, 1.165) is 50.6 Å². The molecule has 1 N–H and O–H groups in total. The highest BCUT2D eigenvalue weighted by Crippen LogP contribution is 2.34. The van der Waals surface area contributed by atoms with Gasteiger partial charge in [0.2, 0.25) is 15.9 Å². The van der Waals surface area contributed by atoms with E-state index in [9.17, 15) is 13.2 Å². The van der Waals surface area contributed by atoms with Crippen LogP contribution in [0.25, 0.3) is 0 Å². The van der Waals surface area contributed by atoms with Crippen molar-refractivity contribution in [2.24, 2.45) is 0 Å². The first-order valence-corrected chi connectivity index (χ1v) is 10.7. The van der Waals surface area contributed by atoms with Crippen LogP contribution in [-0.2, 0) is 21.2 Å². The molecule has 2 aliphatic rings. The quantitative estimate of drug-likeness (QED) is 0.904. The Morgan fingerprint density at radius 3 is 2.79 bits per heavy atom. The van der Waals surface area contributed by atoms with Gasteiger partial charge in [-0.2, -0.15) is 0 Å². The number of amides is 1. The molecule has 2 atom stereocenters. The van der Waals surface area contributed by atoms with Gasteiger partial charge in [0.1, 0.15) is 0 Å². The SMILES string of the molecule is CS(=O)(=O)NCC1CCCCN1C(=O)C1CCCc2ccccc21. The lowest BCUT2D eigenvalue weighted by molar-refractivity contribution is -0.136. The first-order valence-electron chi connectivity index (χ1n) is 8.78. The molecule has 1 aromatic carbocycles. The number of nitrogens with zero attached hydrogens (tertiary/aromatic N) is 1. The lowest BCUT2D eigenvalue weighted by atomic mass is 9.81. The average Bonchev–Trinajstić information content (AvgIpc) is 2.58. The molecule has 6 heteroatoms. The number of benzene rings is 1. The van der Waals surface area contributed by atoms with E-state index in [2.05, 4.69) is 16.9 Å². The van der Waals surface area contributed by atoms with E-state index < -0.39 is 10.0 Å². The van der Waals surface area contributed by atoms with Crippen molar-refractivity contribution in [3.05, 3.63) is 35.4 Å². The highest BCUT2D eigenvalue weighted by Gasteiger charge is 2.34. The second-order valence-electron chi connectivity index (χ2n) is 6.95. The number of rotatable bonds is 4. The molecule has 0 spiro atoms. The number of aryl methyl sites for hydroxylation is 1. The van der Waals surface area contributed by atoms with E-state index in [0.29, 0.717) is 6.54 Å². The van der Waals surface area contributed by atoms with E-state index in [-0.39, 0.29) is 17.9 Å². The minimum atomic E-state index is -3.23. The highest BCUT2D eigenvalue weighted by atomic mass is 32.2. The van der Waals surface area contributed by atoms with Gasteiger partial charge in [-0.25, -0.2) is 13.1 Å². The zero-order chi connectivity index (χ0) is 17.2. The fraction of sp³-hybridized carbons (Fsp3) is 0.611. The predicted molar refractivity (Wildman–Crippen MR) is 94.3 cm³/mol. The number of piperidine rings is 1. The summed E-state index contributed by atoms with van der Waals surface area (Å²) in [5, 5.41) is 0. The molecule has 132 valence electrons. The Morgan fingerprint density at radius 1 is 1.21 bits per heavy atom. The van der Waals surface area contributed by atoms with Crippen molar-refractivity contribution in [3.8, 4) is 0 Å². The molecule has 24 heavy (non-hydrogen) atoms. The second kappa shape index (κ2) is 7.23. The van der Waals surface area contributed by atoms with Crippen molar-refractivity contribution < 1.29 is 13.2 Å². The van der Waals surface area contributed by atoms with Gasteiger partial charge in [-0.05, 0) is 49.7 Å². The Bertz CT molecular complexity index is 702. The molecule has 2 unspecified atom stereocenters. The van der Waals surface area contributed by atoms with Crippen molar-refractivity contribution in [2.45, 2.75) is 50.5 Å². The van der Waals surface area contributed by atoms with Gasteiger partial charge in [0.05, 0.1) is 12.2 Å². The van der Waals surface area contributed by atoms with Gasteiger partial charge in [-0.15, -0.1) is 0 Å². The van der Waals surface area contributed by atoms with Crippen LogP contribution in [-0.4, -0.2) is 44.6 Å². The average molecular weight is 350 g/mol. The van der Waals surface area contributed by atoms with Crippen LogP contribution in [0.15, 0.2) is 24.3 Å². The molecule has 1 aromatic rings. The van der Waals surface area contributed by atoms with Gasteiger partial charge in [0, 0.05) is 19.1 Å². The van der Waals surface area contributed by atoms with Gasteiger partial charge in [-0.1, -0.05) is 24.3 Å². The molecule has 5 nitrogen and oxygen atoms in total. The number of fused-ring (bicyclic) bond motifs is 1. The van der Waals surface area contributed by atoms with E-state index in [1.165, 1.54) is 11.8 Å². The van der Waals surface area contributed by atoms with Crippen LogP contribution in [0.2, 0.25) is 0 Å². The number of likely N-dealkylation sites (tertiary alicyclic amines) is 1. The van der Waals surface area contributed by atoms with Crippen LogP contribution in [0.1, 0.15) is 49.1 Å². The smallest absolute Gasteiger partial charge is 0.230 e. The number of carbonyl (C=O) groups excluding carboxylic acids is 1. The maximum atomic E-state index is 13.2. The van der Waals surface area contributed by atoms with Gasteiger partial charge < -0.3 is 4.90 Å². The molecule has 1 aliphatic heterocycles. The minimum absolute atomic E-state index is 0.0323. The van der Waals surface area contributed by atoms with Crippen molar-refractivity contribution in [3.63, 3.8) is 0 Å². The molecule has 1 aliphatic carbocycles. The first-order chi connectivity index (χ1) is 11.5. The van der Waals surface area contributed by atoms with Crippen molar-refractivity contribution >= 4 is 15.9 Å². The van der Waals surface area contributed by atoms with Crippen molar-refractivity contribution in [1.82, 2.24) is 9.62 Å². The van der Waals surface area contributed by atoms with E-state index in [1.54, 1.807) is 0 Å². The molecular formula is C18H26N2O3S. The van der Waals surface area contributed by atoms with Crippen LogP contribution >= 0.6 is 0 Å². The molecule has 0 saturated carbocycles. The van der Waals surface area contributed by atoms with Gasteiger partial charge in [0.15, 0.2) is 0 Å². The van der Waals surface area contributed by atoms with Crippen LogP contribution in [0.5, 0.6) is 0 Å². The normalized spacial score (nSPS) is 24.5. The predicted octanol–water partition coefficient (Wildman–Crippen LogP) is 2.04. The molecule has 0 bridgehead atoms. The van der Waals surface area contributed by atoms with Crippen LogP contribution in [0.3, 0.4) is 0 Å². The Kier molecular flexibility index (Phi) is 5.25. The molecular weight excluding hydrogens is 324 g/mol. The van der Waals surface area contributed by atoms with E-state index >= 15 is 0 Å². The third-order valence-electron chi connectivity index (χ3n) is 5.16. The summed E-state index contributed by atoms with van der Waals surface area (Å²) in [6.07, 6.45) is 7.03. The number of nitrogens with one attached hydrogen (secondary N) is 1. The molecule has 1 amide bonds. The summed E-state index contributed by atoms with van der Waals surface area (Å²) >= 11 is 0. The summed E-state index contributed by atoms with van der Waals surface area (Å²) in [5.41, 5.74) is 2.44. The van der Waals surface area contributed by atoms with Crippen molar-refractivity contribution in [2.75, 3.05) is 19.3 Å². The van der Waals surface area contributed by atoms with E-state index in [1.807, 2.05) is 17.0 Å². The Labute approximate surface area is 144 Å². The summed E-state index contributed by atoms with van der Waals surface area (Å²) in [5.74, 6) is 0.0935. The zero-order valence-corrected chi connectivity index (χ0v) is 15.0. The largest absolute Gasteiger partial charge is 0.338 e. The van der Waals surface area contributed by atoms with Crippen LogP contribution in [0.4, 0.5) is 0 Å². The van der Waals surface area contributed by atoms with Gasteiger partial charge in [-0.3, -0.25) is 4.79 Å². The molecule has 1 fully saturated rings. The maximum absolute atomic E-state index is 13.2. The van der Waals surface area contributed by atoms with E-state index in [4.69, 9.17) is 0 Å². The Hall–Kier alpha value is -1.40. The molecule has 1 heterocycles. The third kappa shape index (κ3) is 3.98.